The molecular weight excluding hydrogens is 326 g/mol. The van der Waals surface area contributed by atoms with E-state index in [9.17, 15) is 13.2 Å². The maximum absolute atomic E-state index is 12.1. The first-order valence-corrected chi connectivity index (χ1v) is 8.62. The van der Waals surface area contributed by atoms with Gasteiger partial charge in [0.05, 0.1) is 11.1 Å². The summed E-state index contributed by atoms with van der Waals surface area (Å²) in [5, 5.41) is 6.26. The van der Waals surface area contributed by atoms with E-state index in [1.165, 1.54) is 11.3 Å². The Morgan fingerprint density at radius 1 is 1.50 bits per heavy atom. The Labute approximate surface area is 131 Å². The molecule has 7 nitrogen and oxygen atoms in total. The second-order valence-corrected chi connectivity index (χ2v) is 6.92. The largest absolute Gasteiger partial charge is 0.367 e. The van der Waals surface area contributed by atoms with Crippen molar-refractivity contribution in [3.63, 3.8) is 0 Å². The standard InChI is InChI=1S/C13H13N3O4S2/c1-3-8-5-4-6-10-9(8)7-11(21-10)12(17)15-13(14)16-20-22(2,18)19/h3-7H,1H2,2H3,(H3,14,15,16,17). The lowest BCUT2D eigenvalue weighted by Gasteiger charge is -2.01. The molecule has 0 aliphatic rings. The molecule has 2 rings (SSSR count). The summed E-state index contributed by atoms with van der Waals surface area (Å²) < 4.78 is 26.6. The van der Waals surface area contributed by atoms with Crippen LogP contribution >= 0.6 is 11.3 Å². The first-order valence-electron chi connectivity index (χ1n) is 5.98. The highest BCUT2D eigenvalue weighted by atomic mass is 32.2. The van der Waals surface area contributed by atoms with Crippen LogP contribution in [0.1, 0.15) is 15.2 Å². The number of thiophene rings is 1. The molecule has 1 heterocycles. The molecule has 1 amide bonds. The third-order valence-electron chi connectivity index (χ3n) is 2.55. The summed E-state index contributed by atoms with van der Waals surface area (Å²) in [7, 11) is -3.78. The highest BCUT2D eigenvalue weighted by Crippen LogP contribution is 2.28. The van der Waals surface area contributed by atoms with E-state index in [-0.39, 0.29) is 0 Å². The molecule has 0 saturated heterocycles. The number of nitrogens with zero attached hydrogens (tertiary/aromatic N) is 1. The van der Waals surface area contributed by atoms with Crippen molar-refractivity contribution < 1.29 is 17.5 Å². The van der Waals surface area contributed by atoms with Gasteiger partial charge in [-0.05, 0) is 22.9 Å². The quantitative estimate of drug-likeness (QED) is 0.498. The lowest BCUT2D eigenvalue weighted by atomic mass is 10.1. The first kappa shape index (κ1) is 16.0. The minimum Gasteiger partial charge on any atom is -0.367 e. The molecule has 0 aliphatic heterocycles. The molecule has 1 aromatic carbocycles. The number of hydrogen-bond donors (Lipinski definition) is 2. The van der Waals surface area contributed by atoms with Gasteiger partial charge in [-0.3, -0.25) is 14.4 Å². The highest BCUT2D eigenvalue weighted by molar-refractivity contribution is 7.85. The minimum atomic E-state index is -3.78. The number of oxime groups is 1. The van der Waals surface area contributed by atoms with Crippen LogP contribution in [-0.2, 0) is 14.4 Å². The van der Waals surface area contributed by atoms with Crippen molar-refractivity contribution in [3.05, 3.63) is 41.3 Å². The van der Waals surface area contributed by atoms with Gasteiger partial charge in [0, 0.05) is 10.1 Å². The molecule has 0 fully saturated rings. The number of benzene rings is 1. The molecule has 0 bridgehead atoms. The monoisotopic (exact) mass is 339 g/mol. The van der Waals surface area contributed by atoms with Gasteiger partial charge in [-0.1, -0.05) is 24.8 Å². The van der Waals surface area contributed by atoms with Gasteiger partial charge in [0.15, 0.2) is 0 Å². The summed E-state index contributed by atoms with van der Waals surface area (Å²) in [4.78, 5) is 12.5. The lowest BCUT2D eigenvalue weighted by Crippen LogP contribution is -2.36. The van der Waals surface area contributed by atoms with Gasteiger partial charge in [0.2, 0.25) is 5.96 Å². The van der Waals surface area contributed by atoms with Gasteiger partial charge < -0.3 is 5.73 Å². The topological polar surface area (TPSA) is 111 Å². The summed E-state index contributed by atoms with van der Waals surface area (Å²) in [6.45, 7) is 3.72. The summed E-state index contributed by atoms with van der Waals surface area (Å²) in [5.74, 6) is -0.952. The number of fused-ring (bicyclic) bond motifs is 1. The fourth-order valence-corrected chi connectivity index (χ4v) is 2.89. The van der Waals surface area contributed by atoms with E-state index in [1.54, 1.807) is 12.1 Å². The van der Waals surface area contributed by atoms with E-state index < -0.39 is 22.0 Å². The van der Waals surface area contributed by atoms with Gasteiger partial charge >= 0.3 is 10.1 Å². The Kier molecular flexibility index (Phi) is 4.48. The average Bonchev–Trinajstić information content (AvgIpc) is 2.88. The van der Waals surface area contributed by atoms with E-state index in [4.69, 9.17) is 5.73 Å². The van der Waals surface area contributed by atoms with Crippen molar-refractivity contribution in [2.75, 3.05) is 6.26 Å². The van der Waals surface area contributed by atoms with Crippen LogP contribution in [0.15, 0.2) is 36.0 Å². The van der Waals surface area contributed by atoms with Gasteiger partial charge in [-0.25, -0.2) is 0 Å². The van der Waals surface area contributed by atoms with Crippen molar-refractivity contribution in [3.8, 4) is 0 Å². The van der Waals surface area contributed by atoms with Crippen molar-refractivity contribution in [1.82, 2.24) is 5.32 Å². The minimum absolute atomic E-state index is 0.404. The fourth-order valence-electron chi connectivity index (χ4n) is 1.68. The van der Waals surface area contributed by atoms with Crippen molar-refractivity contribution in [1.29, 1.82) is 0 Å². The number of carbonyl (C=O) groups excluding carboxylic acids is 1. The molecule has 0 spiro atoms. The number of hydrogen-bond acceptors (Lipinski definition) is 6. The number of carbonyl (C=O) groups is 1. The van der Waals surface area contributed by atoms with Crippen LogP contribution in [0, 0.1) is 0 Å². The molecule has 0 radical (unpaired) electrons. The zero-order valence-corrected chi connectivity index (χ0v) is 13.2. The summed E-state index contributed by atoms with van der Waals surface area (Å²) in [6.07, 6.45) is 2.51. The lowest BCUT2D eigenvalue weighted by molar-refractivity contribution is 0.0979. The van der Waals surface area contributed by atoms with E-state index >= 15 is 0 Å². The first-order chi connectivity index (χ1) is 10.3. The molecule has 3 N–H and O–H groups in total. The number of nitrogens with one attached hydrogen (secondary N) is 1. The average molecular weight is 339 g/mol. The third-order valence-corrected chi connectivity index (χ3v) is 4.00. The zero-order valence-electron chi connectivity index (χ0n) is 11.6. The summed E-state index contributed by atoms with van der Waals surface area (Å²) in [6, 6.07) is 7.35. The van der Waals surface area contributed by atoms with Crippen LogP contribution in [0.5, 0.6) is 0 Å². The molecule has 1 aromatic heterocycles. The number of rotatable bonds is 4. The van der Waals surface area contributed by atoms with Crippen LogP contribution in [0.4, 0.5) is 0 Å². The third kappa shape index (κ3) is 3.83. The molecule has 9 heteroatoms. The van der Waals surface area contributed by atoms with Crippen LogP contribution < -0.4 is 11.1 Å². The SMILES string of the molecule is C=Cc1cccc2sc(C(=O)NC(N)=NOS(C)(=O)=O)cc12. The predicted molar refractivity (Wildman–Crippen MR) is 86.9 cm³/mol. The summed E-state index contributed by atoms with van der Waals surface area (Å²) >= 11 is 1.27. The molecule has 0 saturated carbocycles. The van der Waals surface area contributed by atoms with Crippen molar-refractivity contribution >= 4 is 49.5 Å². The predicted octanol–water partition coefficient (Wildman–Crippen LogP) is 1.48. The van der Waals surface area contributed by atoms with E-state index in [1.807, 2.05) is 18.2 Å². The van der Waals surface area contributed by atoms with Crippen molar-refractivity contribution in [2.24, 2.45) is 10.9 Å². The van der Waals surface area contributed by atoms with Gasteiger partial charge in [0.1, 0.15) is 0 Å². The second kappa shape index (κ2) is 6.16. The molecular formula is C13H13N3O4S2. The molecule has 0 unspecified atom stereocenters. The number of amides is 1. The molecule has 0 atom stereocenters. The van der Waals surface area contributed by atoms with Crippen LogP contribution in [0.2, 0.25) is 0 Å². The Balaban J connectivity index is 2.21. The van der Waals surface area contributed by atoms with Crippen LogP contribution in [0.25, 0.3) is 16.2 Å². The van der Waals surface area contributed by atoms with Crippen molar-refractivity contribution in [2.45, 2.75) is 0 Å². The number of guanidine groups is 1. The van der Waals surface area contributed by atoms with Crippen LogP contribution in [0.3, 0.4) is 0 Å². The van der Waals surface area contributed by atoms with Gasteiger partial charge in [-0.2, -0.15) is 8.42 Å². The normalized spacial score (nSPS) is 12.1. The Hall–Kier alpha value is -2.39. The van der Waals surface area contributed by atoms with E-state index in [0.717, 1.165) is 21.9 Å². The smallest absolute Gasteiger partial charge is 0.325 e. The Morgan fingerprint density at radius 3 is 2.86 bits per heavy atom. The molecule has 22 heavy (non-hydrogen) atoms. The molecule has 0 aliphatic carbocycles. The highest BCUT2D eigenvalue weighted by Gasteiger charge is 2.13. The Bertz CT molecular complexity index is 869. The second-order valence-electron chi connectivity index (χ2n) is 4.28. The fraction of sp³-hybridized carbons (Fsp3) is 0.0769. The van der Waals surface area contributed by atoms with E-state index in [2.05, 4.69) is 21.3 Å². The van der Waals surface area contributed by atoms with Gasteiger partial charge in [0.25, 0.3) is 5.91 Å². The molecule has 116 valence electrons. The maximum Gasteiger partial charge on any atom is 0.325 e. The number of nitrogens with two attached hydrogens (primary N) is 1. The van der Waals surface area contributed by atoms with Gasteiger partial charge in [-0.15, -0.1) is 11.3 Å². The Morgan fingerprint density at radius 2 is 2.23 bits per heavy atom. The molecule has 2 aromatic rings. The van der Waals surface area contributed by atoms with Crippen LogP contribution in [-0.4, -0.2) is 26.5 Å². The summed E-state index contributed by atoms with van der Waals surface area (Å²) in [5.41, 5.74) is 6.30. The van der Waals surface area contributed by atoms with E-state index in [0.29, 0.717) is 4.88 Å². The maximum atomic E-state index is 12.1. The zero-order chi connectivity index (χ0) is 16.3.